The van der Waals surface area contributed by atoms with E-state index >= 15 is 0 Å². The molecular weight excluding hydrogens is 608 g/mol. The summed E-state index contributed by atoms with van der Waals surface area (Å²) in [6.07, 6.45) is 18.5. The van der Waals surface area contributed by atoms with E-state index in [2.05, 4.69) is 51.1 Å². The van der Waals surface area contributed by atoms with Gasteiger partial charge in [0.2, 0.25) is 0 Å². The molecule has 0 bridgehead atoms. The van der Waals surface area contributed by atoms with E-state index < -0.39 is 5.97 Å². The number of allylic oxidation sites excluding steroid dienone is 1. The van der Waals surface area contributed by atoms with E-state index in [0.717, 1.165) is 89.4 Å². The van der Waals surface area contributed by atoms with E-state index in [0.29, 0.717) is 31.7 Å². The summed E-state index contributed by atoms with van der Waals surface area (Å²) >= 11 is 0. The third-order valence-electron chi connectivity index (χ3n) is 10.7. The Kier molecular flexibility index (Phi) is 14.6. The van der Waals surface area contributed by atoms with E-state index in [1.54, 1.807) is 0 Å². The van der Waals surface area contributed by atoms with Crippen LogP contribution in [0.25, 0.3) is 0 Å². The van der Waals surface area contributed by atoms with E-state index in [1.807, 2.05) is 18.2 Å². The third-order valence-corrected chi connectivity index (χ3v) is 10.7. The van der Waals surface area contributed by atoms with Crippen molar-refractivity contribution >= 4 is 5.97 Å². The monoisotopic (exact) mass is 668 g/mol. The summed E-state index contributed by atoms with van der Waals surface area (Å²) < 4.78 is 37.5. The highest BCUT2D eigenvalue weighted by Crippen LogP contribution is 2.51. The van der Waals surface area contributed by atoms with Gasteiger partial charge in [-0.2, -0.15) is 0 Å². The van der Waals surface area contributed by atoms with E-state index in [-0.39, 0.29) is 48.6 Å². The van der Waals surface area contributed by atoms with Crippen molar-refractivity contribution in [3.8, 4) is 0 Å². The van der Waals surface area contributed by atoms with Gasteiger partial charge in [-0.15, -0.1) is 0 Å². The largest absolute Gasteiger partial charge is 0.480 e. The third kappa shape index (κ3) is 11.0. The van der Waals surface area contributed by atoms with Gasteiger partial charge in [0.25, 0.3) is 0 Å². The number of carboxylic acids is 1. The minimum Gasteiger partial charge on any atom is -0.480 e. The van der Waals surface area contributed by atoms with Gasteiger partial charge in [0.1, 0.15) is 6.61 Å². The first-order chi connectivity index (χ1) is 23.3. The normalized spacial score (nSPS) is 29.1. The van der Waals surface area contributed by atoms with Crippen molar-refractivity contribution in [1.29, 1.82) is 0 Å². The number of rotatable bonds is 19. The molecule has 8 atom stereocenters. The molecule has 1 aromatic carbocycles. The zero-order valence-corrected chi connectivity index (χ0v) is 29.6. The summed E-state index contributed by atoms with van der Waals surface area (Å²) in [7, 11) is 0. The number of carboxylic acid groups (broad SMARTS) is 1. The van der Waals surface area contributed by atoms with Gasteiger partial charge in [0.05, 0.1) is 32.0 Å². The highest BCUT2D eigenvalue weighted by molar-refractivity contribution is 5.68. The van der Waals surface area contributed by atoms with Crippen LogP contribution < -0.4 is 0 Å². The molecule has 2 aliphatic heterocycles. The number of aliphatic carboxylic acids is 1. The first kappa shape index (κ1) is 37.2. The van der Waals surface area contributed by atoms with Crippen molar-refractivity contribution in [2.75, 3.05) is 33.0 Å². The van der Waals surface area contributed by atoms with Gasteiger partial charge >= 0.3 is 5.97 Å². The summed E-state index contributed by atoms with van der Waals surface area (Å²) in [6, 6.07) is 10.1. The molecule has 8 nitrogen and oxygen atoms in total. The molecule has 0 amide bonds. The molecular formula is C40H60O8. The Bertz CT molecular complexity index is 1150. The fraction of sp³-hybridized carbons (Fsp3) is 0.725. The number of fused-ring (bicyclic) bond motifs is 1. The van der Waals surface area contributed by atoms with Gasteiger partial charge in [-0.3, -0.25) is 0 Å². The van der Waals surface area contributed by atoms with Crippen LogP contribution in [-0.4, -0.2) is 68.9 Å². The van der Waals surface area contributed by atoms with Crippen LogP contribution in [0.2, 0.25) is 0 Å². The van der Waals surface area contributed by atoms with Crippen LogP contribution >= 0.6 is 0 Å². The Hall–Kier alpha value is -2.07. The Labute approximate surface area is 288 Å². The van der Waals surface area contributed by atoms with Crippen LogP contribution in [-0.2, 0) is 39.8 Å². The lowest BCUT2D eigenvalue weighted by Crippen LogP contribution is -2.37. The van der Waals surface area contributed by atoms with Crippen molar-refractivity contribution < 1.29 is 38.3 Å². The van der Waals surface area contributed by atoms with Crippen LogP contribution in [0, 0.1) is 29.1 Å². The first-order valence-corrected chi connectivity index (χ1v) is 18.7. The molecule has 1 N–H and O–H groups in total. The standard InChI is InChI=1S/C40H60O8/c1-4-5-19-40(2,3)36(48-39-16-10-12-21-46-39)18-17-33-34-23-30(22-31(34)24-35(33)47-38-15-9-11-20-45-38)32(27-44-28-37(41)42)26-43-25-29-13-7-6-8-14-29/h6-8,13-14,17-18,22,31-36,38-39H,4-5,9-12,15-16,19-21,23-28H2,1-3H3,(H,41,42)/b18-17+/t31-,32?,33+,34-,35+,36+,38?,39?/m0/s1. The Balaban J connectivity index is 1.33. The van der Waals surface area contributed by atoms with Crippen LogP contribution in [0.1, 0.15) is 97.0 Å². The fourth-order valence-corrected chi connectivity index (χ4v) is 7.90. The highest BCUT2D eigenvalue weighted by atomic mass is 16.7. The molecule has 1 saturated carbocycles. The Morgan fingerprint density at radius 1 is 1.02 bits per heavy atom. The van der Waals surface area contributed by atoms with Crippen LogP contribution in [0.3, 0.4) is 0 Å². The van der Waals surface area contributed by atoms with Gasteiger partial charge in [-0.05, 0) is 80.6 Å². The second-order valence-electron chi connectivity index (χ2n) is 15.0. The lowest BCUT2D eigenvalue weighted by molar-refractivity contribution is -0.198. The zero-order valence-electron chi connectivity index (χ0n) is 29.6. The summed E-state index contributed by atoms with van der Waals surface area (Å²) in [5.41, 5.74) is 2.39. The molecule has 0 radical (unpaired) electrons. The van der Waals surface area contributed by atoms with E-state index in [9.17, 15) is 9.90 Å². The molecule has 0 spiro atoms. The van der Waals surface area contributed by atoms with Gasteiger partial charge in [-0.25, -0.2) is 4.79 Å². The van der Waals surface area contributed by atoms with Crippen LogP contribution in [0.4, 0.5) is 0 Å². The molecule has 0 aromatic heterocycles. The van der Waals surface area contributed by atoms with Crippen LogP contribution in [0.15, 0.2) is 54.1 Å². The molecule has 1 aromatic rings. The van der Waals surface area contributed by atoms with Crippen molar-refractivity contribution in [3.05, 3.63) is 59.7 Å². The molecule has 3 unspecified atom stereocenters. The maximum Gasteiger partial charge on any atom is 0.329 e. The molecule has 2 saturated heterocycles. The second-order valence-corrected chi connectivity index (χ2v) is 15.0. The maximum atomic E-state index is 11.3. The van der Waals surface area contributed by atoms with Crippen molar-refractivity contribution in [2.24, 2.45) is 29.1 Å². The fourth-order valence-electron chi connectivity index (χ4n) is 7.90. The van der Waals surface area contributed by atoms with E-state index in [4.69, 9.17) is 28.4 Å². The van der Waals surface area contributed by atoms with Gasteiger partial charge < -0.3 is 33.5 Å². The van der Waals surface area contributed by atoms with Gasteiger partial charge in [-0.1, -0.05) is 87.7 Å². The number of carbonyl (C=O) groups is 1. The summed E-state index contributed by atoms with van der Waals surface area (Å²) in [4.78, 5) is 11.3. The van der Waals surface area contributed by atoms with Crippen molar-refractivity contribution in [3.63, 3.8) is 0 Å². The summed E-state index contributed by atoms with van der Waals surface area (Å²) in [5, 5.41) is 9.24. The predicted octanol–water partition coefficient (Wildman–Crippen LogP) is 8.10. The summed E-state index contributed by atoms with van der Waals surface area (Å²) in [5.74, 6) is 0.000616. The average molecular weight is 669 g/mol. The van der Waals surface area contributed by atoms with Gasteiger partial charge in [0, 0.05) is 25.0 Å². The number of hydrogen-bond acceptors (Lipinski definition) is 7. The molecule has 4 aliphatic rings. The smallest absolute Gasteiger partial charge is 0.329 e. The molecule has 8 heteroatoms. The lowest BCUT2D eigenvalue weighted by atomic mass is 9.80. The topological polar surface area (TPSA) is 92.7 Å². The minimum atomic E-state index is -0.955. The van der Waals surface area contributed by atoms with Crippen LogP contribution in [0.5, 0.6) is 0 Å². The first-order valence-electron chi connectivity index (χ1n) is 18.7. The summed E-state index contributed by atoms with van der Waals surface area (Å²) in [6.45, 7) is 9.45. The Morgan fingerprint density at radius 2 is 1.75 bits per heavy atom. The average Bonchev–Trinajstić information content (AvgIpc) is 3.64. The molecule has 2 aliphatic carbocycles. The van der Waals surface area contributed by atoms with Crippen molar-refractivity contribution in [2.45, 2.75) is 123 Å². The number of hydrogen-bond donors (Lipinski definition) is 1. The quantitative estimate of drug-likeness (QED) is 0.148. The van der Waals surface area contributed by atoms with Gasteiger partial charge in [0.15, 0.2) is 12.6 Å². The van der Waals surface area contributed by atoms with E-state index in [1.165, 1.54) is 5.57 Å². The highest BCUT2D eigenvalue weighted by Gasteiger charge is 2.47. The number of unbranched alkanes of at least 4 members (excludes halogenated alkanes) is 1. The molecule has 3 fully saturated rings. The lowest BCUT2D eigenvalue weighted by Gasteiger charge is -2.37. The number of ether oxygens (including phenoxy) is 6. The molecule has 48 heavy (non-hydrogen) atoms. The Morgan fingerprint density at radius 3 is 2.44 bits per heavy atom. The molecule has 5 rings (SSSR count). The SMILES string of the molecule is CCCCC(C)(C)[C@@H](/C=C/[C@@H]1[C@H]2CC(C(COCC(=O)O)COCc3ccccc3)=C[C@H]2C[C@H]1OC1CCCCO1)OC1CCCCO1. The number of benzene rings is 1. The molecule has 2 heterocycles. The second kappa shape index (κ2) is 18.8. The van der Waals surface area contributed by atoms with Crippen molar-refractivity contribution in [1.82, 2.24) is 0 Å². The zero-order chi connectivity index (χ0) is 33.8. The minimum absolute atomic E-state index is 0.00292. The maximum absolute atomic E-state index is 11.3. The molecule has 268 valence electrons. The predicted molar refractivity (Wildman–Crippen MR) is 185 cm³/mol.